The molecule has 0 aliphatic rings. The molecule has 2 heterocycles. The van der Waals surface area contributed by atoms with Gasteiger partial charge in [-0.05, 0) is 26.0 Å². The lowest BCUT2D eigenvalue weighted by Gasteiger charge is -2.13. The number of aromatic nitrogens is 4. The number of anilines is 1. The number of rotatable bonds is 9. The summed E-state index contributed by atoms with van der Waals surface area (Å²) in [6, 6.07) is 13.1. The van der Waals surface area contributed by atoms with Crippen LogP contribution in [0.25, 0.3) is 11.3 Å². The first-order valence-electron chi connectivity index (χ1n) is 11.1. The molecule has 0 unspecified atom stereocenters. The number of nitrogens with one attached hydrogen (secondary N) is 2. The minimum absolute atomic E-state index is 0.0282. The standard InChI is InChI=1S/C24H23N7O4S2/c1-14-7-9-16(10-8-14)22(33)25-15(2)21-28-29-24(30(21)3)37-13-20(32)27-23-26-19(12-36-23)17-5-4-6-18(11-17)31(34)35/h4-12,15H,13H2,1-3H3,(H,25,33)(H,26,27,32)/t15-/m0/s1. The molecule has 37 heavy (non-hydrogen) atoms. The summed E-state index contributed by atoms with van der Waals surface area (Å²) in [6.07, 6.45) is 0. The van der Waals surface area contributed by atoms with E-state index in [-0.39, 0.29) is 23.3 Å². The fourth-order valence-corrected chi connectivity index (χ4v) is 4.86. The molecule has 2 aromatic carbocycles. The van der Waals surface area contributed by atoms with E-state index in [1.165, 1.54) is 35.2 Å². The molecule has 190 valence electrons. The average molecular weight is 538 g/mol. The zero-order valence-corrected chi connectivity index (χ0v) is 21.8. The van der Waals surface area contributed by atoms with E-state index in [1.54, 1.807) is 41.3 Å². The van der Waals surface area contributed by atoms with Crippen molar-refractivity contribution in [3.05, 3.63) is 81.0 Å². The van der Waals surface area contributed by atoms with E-state index < -0.39 is 11.0 Å². The van der Waals surface area contributed by atoms with Crippen LogP contribution in [0.5, 0.6) is 0 Å². The van der Waals surface area contributed by atoms with Gasteiger partial charge in [0.25, 0.3) is 11.6 Å². The molecule has 0 saturated heterocycles. The highest BCUT2D eigenvalue weighted by molar-refractivity contribution is 7.99. The highest BCUT2D eigenvalue weighted by atomic mass is 32.2. The monoisotopic (exact) mass is 537 g/mol. The van der Waals surface area contributed by atoms with Crippen LogP contribution in [0.4, 0.5) is 10.8 Å². The zero-order valence-electron chi connectivity index (χ0n) is 20.2. The fourth-order valence-electron chi connectivity index (χ4n) is 3.41. The molecule has 0 spiro atoms. The molecule has 0 aliphatic carbocycles. The van der Waals surface area contributed by atoms with E-state index in [0.717, 1.165) is 5.56 Å². The Morgan fingerprint density at radius 1 is 1.19 bits per heavy atom. The predicted molar refractivity (Wildman–Crippen MR) is 142 cm³/mol. The molecular formula is C24H23N7O4S2. The van der Waals surface area contributed by atoms with Crippen LogP contribution in [0.2, 0.25) is 0 Å². The molecule has 0 bridgehead atoms. The average Bonchev–Trinajstić information content (AvgIpc) is 3.49. The first-order valence-corrected chi connectivity index (χ1v) is 13.0. The third kappa shape index (κ3) is 6.37. The second-order valence-electron chi connectivity index (χ2n) is 8.14. The number of benzene rings is 2. The summed E-state index contributed by atoms with van der Waals surface area (Å²) in [5, 5.41) is 27.6. The third-order valence-corrected chi connectivity index (χ3v) is 7.13. The van der Waals surface area contributed by atoms with Gasteiger partial charge in [0.15, 0.2) is 16.1 Å². The Morgan fingerprint density at radius 2 is 1.95 bits per heavy atom. The largest absolute Gasteiger partial charge is 0.342 e. The number of amides is 2. The fraction of sp³-hybridized carbons (Fsp3) is 0.208. The Morgan fingerprint density at radius 3 is 2.68 bits per heavy atom. The number of hydrogen-bond donors (Lipinski definition) is 2. The van der Waals surface area contributed by atoms with Crippen LogP contribution >= 0.6 is 23.1 Å². The molecule has 0 fully saturated rings. The van der Waals surface area contributed by atoms with Crippen molar-refractivity contribution < 1.29 is 14.5 Å². The molecule has 0 radical (unpaired) electrons. The zero-order chi connectivity index (χ0) is 26.5. The Bertz CT molecular complexity index is 1450. The summed E-state index contributed by atoms with van der Waals surface area (Å²) in [6.45, 7) is 3.77. The molecule has 4 rings (SSSR count). The van der Waals surface area contributed by atoms with E-state index in [2.05, 4.69) is 25.8 Å². The van der Waals surface area contributed by atoms with Gasteiger partial charge in [-0.15, -0.1) is 21.5 Å². The summed E-state index contributed by atoms with van der Waals surface area (Å²) >= 11 is 2.43. The van der Waals surface area contributed by atoms with Gasteiger partial charge in [0.05, 0.1) is 22.4 Å². The van der Waals surface area contributed by atoms with Gasteiger partial charge < -0.3 is 15.2 Å². The van der Waals surface area contributed by atoms with Crippen molar-refractivity contribution in [2.75, 3.05) is 11.1 Å². The smallest absolute Gasteiger partial charge is 0.270 e. The van der Waals surface area contributed by atoms with E-state index in [9.17, 15) is 19.7 Å². The minimum atomic E-state index is -0.466. The van der Waals surface area contributed by atoms with Gasteiger partial charge in [0.2, 0.25) is 5.91 Å². The highest BCUT2D eigenvalue weighted by Crippen LogP contribution is 2.28. The van der Waals surface area contributed by atoms with Crippen LogP contribution in [0.1, 0.15) is 34.7 Å². The second kappa shape index (κ2) is 11.3. The Hall–Kier alpha value is -4.10. The molecular weight excluding hydrogens is 514 g/mol. The summed E-state index contributed by atoms with van der Waals surface area (Å²) in [7, 11) is 1.77. The van der Waals surface area contributed by atoms with Crippen LogP contribution < -0.4 is 10.6 Å². The quantitative estimate of drug-likeness (QED) is 0.182. The van der Waals surface area contributed by atoms with Crippen LogP contribution in [-0.2, 0) is 11.8 Å². The van der Waals surface area contributed by atoms with Crippen molar-refractivity contribution in [1.29, 1.82) is 0 Å². The number of non-ortho nitro benzene ring substituents is 1. The van der Waals surface area contributed by atoms with Gasteiger partial charge in [0.1, 0.15) is 0 Å². The van der Waals surface area contributed by atoms with E-state index in [0.29, 0.717) is 32.9 Å². The van der Waals surface area contributed by atoms with E-state index in [4.69, 9.17) is 0 Å². The highest BCUT2D eigenvalue weighted by Gasteiger charge is 2.19. The number of thiazole rings is 1. The van der Waals surface area contributed by atoms with Gasteiger partial charge in [0, 0.05) is 35.7 Å². The summed E-state index contributed by atoms with van der Waals surface area (Å²) < 4.78 is 1.74. The maximum Gasteiger partial charge on any atom is 0.270 e. The number of aryl methyl sites for hydroxylation is 1. The van der Waals surface area contributed by atoms with Crippen LogP contribution in [0.15, 0.2) is 59.1 Å². The molecule has 1 atom stereocenters. The van der Waals surface area contributed by atoms with E-state index in [1.807, 2.05) is 26.0 Å². The first-order chi connectivity index (χ1) is 17.7. The number of carbonyl (C=O) groups is 2. The van der Waals surface area contributed by atoms with Gasteiger partial charge >= 0.3 is 0 Å². The molecule has 0 aliphatic heterocycles. The van der Waals surface area contributed by atoms with Gasteiger partial charge in [-0.3, -0.25) is 19.7 Å². The third-order valence-electron chi connectivity index (χ3n) is 5.35. The maximum atomic E-state index is 12.5. The van der Waals surface area contributed by atoms with Gasteiger partial charge in [-0.2, -0.15) is 0 Å². The lowest BCUT2D eigenvalue weighted by atomic mass is 10.1. The van der Waals surface area contributed by atoms with Crippen LogP contribution in [-0.4, -0.2) is 42.2 Å². The summed E-state index contributed by atoms with van der Waals surface area (Å²) in [5.41, 5.74) is 2.73. The molecule has 13 heteroatoms. The molecule has 2 aromatic heterocycles. The Kier molecular flexibility index (Phi) is 7.94. The number of thioether (sulfide) groups is 1. The van der Waals surface area contributed by atoms with Crippen LogP contribution in [0.3, 0.4) is 0 Å². The molecule has 2 N–H and O–H groups in total. The van der Waals surface area contributed by atoms with Crippen molar-refractivity contribution in [2.24, 2.45) is 7.05 Å². The Balaban J connectivity index is 1.32. The SMILES string of the molecule is Cc1ccc(C(=O)N[C@@H](C)c2nnc(SCC(=O)Nc3nc(-c4cccc([N+](=O)[O-])c4)cs3)n2C)cc1. The van der Waals surface area contributed by atoms with Gasteiger partial charge in [-0.1, -0.05) is 41.6 Å². The number of nitro groups is 1. The number of nitro benzene ring substituents is 1. The predicted octanol–water partition coefficient (Wildman–Crippen LogP) is 4.38. The number of carbonyl (C=O) groups excluding carboxylic acids is 2. The van der Waals surface area contributed by atoms with Crippen LogP contribution in [0, 0.1) is 17.0 Å². The van der Waals surface area contributed by atoms with Crippen molar-refractivity contribution >= 4 is 45.7 Å². The normalized spacial score (nSPS) is 11.6. The first kappa shape index (κ1) is 26.0. The van der Waals surface area contributed by atoms with Gasteiger partial charge in [-0.25, -0.2) is 4.98 Å². The number of nitrogens with zero attached hydrogens (tertiary/aromatic N) is 5. The van der Waals surface area contributed by atoms with Crippen molar-refractivity contribution in [1.82, 2.24) is 25.1 Å². The minimum Gasteiger partial charge on any atom is -0.342 e. The second-order valence-corrected chi connectivity index (χ2v) is 9.94. The summed E-state index contributed by atoms with van der Waals surface area (Å²) in [5.74, 6) is 0.138. The number of hydrogen-bond acceptors (Lipinski definition) is 9. The van der Waals surface area contributed by atoms with Crippen molar-refractivity contribution in [3.63, 3.8) is 0 Å². The lowest BCUT2D eigenvalue weighted by molar-refractivity contribution is -0.384. The summed E-state index contributed by atoms with van der Waals surface area (Å²) in [4.78, 5) is 39.9. The maximum absolute atomic E-state index is 12.5. The molecule has 4 aromatic rings. The Labute approximate surface area is 220 Å². The molecule has 11 nitrogen and oxygen atoms in total. The molecule has 0 saturated carbocycles. The molecule has 2 amide bonds. The lowest BCUT2D eigenvalue weighted by Crippen LogP contribution is -2.28. The van der Waals surface area contributed by atoms with Crippen molar-refractivity contribution in [3.8, 4) is 11.3 Å². The van der Waals surface area contributed by atoms with Crippen molar-refractivity contribution in [2.45, 2.75) is 25.0 Å². The van der Waals surface area contributed by atoms with E-state index >= 15 is 0 Å². The topological polar surface area (TPSA) is 145 Å².